The Morgan fingerprint density at radius 2 is 2.12 bits per heavy atom. The molecule has 1 aliphatic rings. The molecule has 1 aromatic carbocycles. The fourth-order valence-corrected chi connectivity index (χ4v) is 2.32. The topological polar surface area (TPSA) is 64.1 Å². The molecule has 0 saturated carbocycles. The van der Waals surface area contributed by atoms with Crippen LogP contribution in [0.25, 0.3) is 5.57 Å². The summed E-state index contributed by atoms with van der Waals surface area (Å²) in [5, 5.41) is 2.79. The van der Waals surface area contributed by atoms with Crippen molar-refractivity contribution in [2.24, 2.45) is 0 Å². The van der Waals surface area contributed by atoms with E-state index in [4.69, 9.17) is 4.74 Å². The van der Waals surface area contributed by atoms with Gasteiger partial charge < -0.3 is 10.1 Å². The molecular weight excluding hydrogens is 316 g/mol. The SMILES string of the molecule is CC(C)NC(=O)C1=CCc2ncc(Oc3ccc(F)cc3F)nc21. The first-order chi connectivity index (χ1) is 11.4. The quantitative estimate of drug-likeness (QED) is 0.935. The number of rotatable bonds is 4. The van der Waals surface area contributed by atoms with Crippen LogP contribution in [0, 0.1) is 11.6 Å². The molecule has 0 radical (unpaired) electrons. The average molecular weight is 331 g/mol. The van der Waals surface area contributed by atoms with Gasteiger partial charge in [0, 0.05) is 18.5 Å². The second-order valence-electron chi connectivity index (χ2n) is 5.63. The summed E-state index contributed by atoms with van der Waals surface area (Å²) < 4.78 is 31.9. The summed E-state index contributed by atoms with van der Waals surface area (Å²) in [4.78, 5) is 20.6. The van der Waals surface area contributed by atoms with Gasteiger partial charge in [0.1, 0.15) is 11.5 Å². The van der Waals surface area contributed by atoms with Crippen LogP contribution in [0.1, 0.15) is 25.2 Å². The van der Waals surface area contributed by atoms with E-state index in [1.165, 1.54) is 12.3 Å². The summed E-state index contributed by atoms with van der Waals surface area (Å²) >= 11 is 0. The van der Waals surface area contributed by atoms with Crippen molar-refractivity contribution in [3.8, 4) is 11.6 Å². The van der Waals surface area contributed by atoms with Gasteiger partial charge in [-0.2, -0.15) is 0 Å². The van der Waals surface area contributed by atoms with Crippen LogP contribution < -0.4 is 10.1 Å². The predicted octanol–water partition coefficient (Wildman–Crippen LogP) is 3.01. The number of carbonyl (C=O) groups is 1. The fourth-order valence-electron chi connectivity index (χ4n) is 2.32. The number of aromatic nitrogens is 2. The van der Waals surface area contributed by atoms with Crippen molar-refractivity contribution < 1.29 is 18.3 Å². The van der Waals surface area contributed by atoms with Gasteiger partial charge in [0.05, 0.1) is 17.5 Å². The number of ether oxygens (including phenoxy) is 1. The Balaban J connectivity index is 1.86. The molecule has 1 heterocycles. The summed E-state index contributed by atoms with van der Waals surface area (Å²) in [6.07, 6.45) is 3.58. The third kappa shape index (κ3) is 3.24. The lowest BCUT2D eigenvalue weighted by Gasteiger charge is -2.11. The summed E-state index contributed by atoms with van der Waals surface area (Å²) in [6, 6.07) is 2.96. The van der Waals surface area contributed by atoms with Crippen LogP contribution in [0.5, 0.6) is 11.6 Å². The minimum atomic E-state index is -0.842. The molecule has 7 heteroatoms. The second kappa shape index (κ2) is 6.35. The Bertz CT molecular complexity index is 835. The van der Waals surface area contributed by atoms with E-state index < -0.39 is 11.6 Å². The van der Waals surface area contributed by atoms with E-state index in [2.05, 4.69) is 15.3 Å². The van der Waals surface area contributed by atoms with Gasteiger partial charge in [0.2, 0.25) is 5.88 Å². The van der Waals surface area contributed by atoms with Crippen molar-refractivity contribution in [3.05, 3.63) is 53.5 Å². The van der Waals surface area contributed by atoms with Crippen LogP contribution in [-0.4, -0.2) is 21.9 Å². The molecule has 2 aromatic rings. The number of amides is 1. The number of hydrogen-bond donors (Lipinski definition) is 1. The van der Waals surface area contributed by atoms with Gasteiger partial charge in [-0.3, -0.25) is 9.78 Å². The Morgan fingerprint density at radius 1 is 1.33 bits per heavy atom. The molecule has 1 aromatic heterocycles. The van der Waals surface area contributed by atoms with Gasteiger partial charge in [-0.15, -0.1) is 0 Å². The molecule has 3 rings (SSSR count). The fraction of sp³-hybridized carbons (Fsp3) is 0.235. The molecule has 0 atom stereocenters. The lowest BCUT2D eigenvalue weighted by Crippen LogP contribution is -2.30. The number of hydrogen-bond acceptors (Lipinski definition) is 4. The minimum Gasteiger partial charge on any atom is -0.434 e. The lowest BCUT2D eigenvalue weighted by atomic mass is 10.2. The largest absolute Gasteiger partial charge is 0.434 e. The van der Waals surface area contributed by atoms with Crippen LogP contribution in [0.4, 0.5) is 8.78 Å². The summed E-state index contributed by atoms with van der Waals surface area (Å²) in [5.41, 5.74) is 1.47. The van der Waals surface area contributed by atoms with Crippen LogP contribution >= 0.6 is 0 Å². The number of fused-ring (bicyclic) bond motifs is 1. The minimum absolute atomic E-state index is 0.0110. The Kier molecular flexibility index (Phi) is 4.24. The summed E-state index contributed by atoms with van der Waals surface area (Å²) in [7, 11) is 0. The third-order valence-electron chi connectivity index (χ3n) is 3.35. The van der Waals surface area contributed by atoms with E-state index in [-0.39, 0.29) is 23.6 Å². The number of allylic oxidation sites excluding steroid dienone is 1. The zero-order valence-corrected chi connectivity index (χ0v) is 13.1. The lowest BCUT2D eigenvalue weighted by molar-refractivity contribution is -0.116. The first-order valence-electron chi connectivity index (χ1n) is 7.44. The standard InChI is InChI=1S/C17H15F2N3O2/c1-9(2)21-17(23)11-4-5-13-16(11)22-15(8-20-13)24-14-6-3-10(18)7-12(14)19/h3-4,6-9H,5H2,1-2H3,(H,21,23). The van der Waals surface area contributed by atoms with Crippen molar-refractivity contribution in [3.63, 3.8) is 0 Å². The van der Waals surface area contributed by atoms with E-state index in [0.717, 1.165) is 12.1 Å². The molecule has 24 heavy (non-hydrogen) atoms. The normalized spacial score (nSPS) is 12.8. The number of nitrogens with zero attached hydrogens (tertiary/aromatic N) is 2. The smallest absolute Gasteiger partial charge is 0.253 e. The monoisotopic (exact) mass is 331 g/mol. The highest BCUT2D eigenvalue weighted by molar-refractivity contribution is 6.20. The molecule has 1 aliphatic carbocycles. The van der Waals surface area contributed by atoms with E-state index in [0.29, 0.717) is 23.4 Å². The highest BCUT2D eigenvalue weighted by Crippen LogP contribution is 2.29. The maximum Gasteiger partial charge on any atom is 0.253 e. The Hall–Kier alpha value is -2.83. The number of nitrogens with one attached hydrogen (secondary N) is 1. The molecule has 5 nitrogen and oxygen atoms in total. The van der Waals surface area contributed by atoms with Gasteiger partial charge in [0.15, 0.2) is 11.6 Å². The maximum atomic E-state index is 13.7. The van der Waals surface area contributed by atoms with Crippen LogP contribution in [0.15, 0.2) is 30.5 Å². The van der Waals surface area contributed by atoms with Crippen LogP contribution in [0.3, 0.4) is 0 Å². The van der Waals surface area contributed by atoms with Gasteiger partial charge >= 0.3 is 0 Å². The molecular formula is C17H15F2N3O2. The molecule has 1 amide bonds. The van der Waals surface area contributed by atoms with Crippen molar-refractivity contribution in [2.75, 3.05) is 0 Å². The van der Waals surface area contributed by atoms with Gasteiger partial charge in [-0.05, 0) is 26.0 Å². The molecule has 1 N–H and O–H groups in total. The zero-order chi connectivity index (χ0) is 17.3. The van der Waals surface area contributed by atoms with Crippen LogP contribution in [0.2, 0.25) is 0 Å². The Labute approximate surface area is 137 Å². The highest BCUT2D eigenvalue weighted by Gasteiger charge is 2.24. The van der Waals surface area contributed by atoms with Crippen molar-refractivity contribution >= 4 is 11.5 Å². The first-order valence-corrected chi connectivity index (χ1v) is 7.44. The number of benzene rings is 1. The van der Waals surface area contributed by atoms with Crippen molar-refractivity contribution in [2.45, 2.75) is 26.3 Å². The number of halogens is 2. The van der Waals surface area contributed by atoms with Crippen molar-refractivity contribution in [1.82, 2.24) is 15.3 Å². The van der Waals surface area contributed by atoms with E-state index in [9.17, 15) is 13.6 Å². The van der Waals surface area contributed by atoms with E-state index in [1.54, 1.807) is 6.08 Å². The highest BCUT2D eigenvalue weighted by atomic mass is 19.1. The molecule has 0 aliphatic heterocycles. The van der Waals surface area contributed by atoms with Crippen molar-refractivity contribution in [1.29, 1.82) is 0 Å². The molecule has 124 valence electrons. The maximum absolute atomic E-state index is 13.7. The third-order valence-corrected chi connectivity index (χ3v) is 3.35. The molecule has 0 spiro atoms. The molecule has 0 bridgehead atoms. The first kappa shape index (κ1) is 16.0. The van der Waals surface area contributed by atoms with Gasteiger partial charge in [-0.1, -0.05) is 6.08 Å². The number of carbonyl (C=O) groups excluding carboxylic acids is 1. The molecule has 0 unspecified atom stereocenters. The van der Waals surface area contributed by atoms with E-state index >= 15 is 0 Å². The van der Waals surface area contributed by atoms with Crippen LogP contribution in [-0.2, 0) is 11.2 Å². The zero-order valence-electron chi connectivity index (χ0n) is 13.1. The Morgan fingerprint density at radius 3 is 2.83 bits per heavy atom. The summed E-state index contributed by atoms with van der Waals surface area (Å²) in [5.74, 6) is -1.92. The predicted molar refractivity (Wildman–Crippen MR) is 83.4 cm³/mol. The molecule has 0 fully saturated rings. The molecule has 0 saturated heterocycles. The van der Waals surface area contributed by atoms with Gasteiger partial charge in [-0.25, -0.2) is 13.8 Å². The average Bonchev–Trinajstić information content (AvgIpc) is 2.92. The van der Waals surface area contributed by atoms with E-state index in [1.807, 2.05) is 13.8 Å². The van der Waals surface area contributed by atoms with Gasteiger partial charge in [0.25, 0.3) is 5.91 Å². The summed E-state index contributed by atoms with van der Waals surface area (Å²) in [6.45, 7) is 3.72. The second-order valence-corrected chi connectivity index (χ2v) is 5.63.